The lowest BCUT2D eigenvalue weighted by Gasteiger charge is -2.06. The van der Waals surface area contributed by atoms with Gasteiger partial charge in [0.15, 0.2) is 11.5 Å². The van der Waals surface area contributed by atoms with Crippen LogP contribution < -0.4 is 4.74 Å². The van der Waals surface area contributed by atoms with Crippen molar-refractivity contribution in [3.63, 3.8) is 0 Å². The number of nitrogens with zero attached hydrogens (tertiary/aromatic N) is 2. The van der Waals surface area contributed by atoms with Crippen molar-refractivity contribution in [2.24, 2.45) is 0 Å². The Morgan fingerprint density at radius 3 is 2.07 bits per heavy atom. The van der Waals surface area contributed by atoms with E-state index >= 15 is 0 Å². The van der Waals surface area contributed by atoms with E-state index < -0.39 is 5.97 Å². The average Bonchev–Trinajstić information content (AvgIpc) is 2.74. The van der Waals surface area contributed by atoms with Gasteiger partial charge in [0.05, 0.1) is 17.2 Å². The number of hydrogen-bond donors (Lipinski definition) is 0. The SMILES string of the molecule is O=C(c1ccc(Cl)cc1)c1ccc(OC(=O)c2cnc3ccccc3n2)cc1. The summed E-state index contributed by atoms with van der Waals surface area (Å²) in [5.41, 5.74) is 2.43. The van der Waals surface area contributed by atoms with Crippen LogP contribution in [0.15, 0.2) is 79.0 Å². The fourth-order valence-electron chi connectivity index (χ4n) is 2.66. The van der Waals surface area contributed by atoms with Gasteiger partial charge in [0.25, 0.3) is 0 Å². The van der Waals surface area contributed by atoms with Crippen LogP contribution in [0.3, 0.4) is 0 Å². The van der Waals surface area contributed by atoms with Crippen LogP contribution in [0, 0.1) is 0 Å². The highest BCUT2D eigenvalue weighted by atomic mass is 35.5. The summed E-state index contributed by atoms with van der Waals surface area (Å²) >= 11 is 5.84. The van der Waals surface area contributed by atoms with E-state index in [1.807, 2.05) is 18.2 Å². The fourth-order valence-corrected chi connectivity index (χ4v) is 2.78. The van der Waals surface area contributed by atoms with Gasteiger partial charge in [0.1, 0.15) is 5.75 Å². The lowest BCUT2D eigenvalue weighted by molar-refractivity contribution is 0.0728. The van der Waals surface area contributed by atoms with E-state index in [-0.39, 0.29) is 11.5 Å². The standard InChI is InChI=1S/C22H13ClN2O3/c23-16-9-5-14(6-10-16)21(26)15-7-11-17(12-8-15)28-22(27)20-13-24-18-3-1-2-4-19(18)25-20/h1-13H. The van der Waals surface area contributed by atoms with E-state index in [1.54, 1.807) is 54.6 Å². The highest BCUT2D eigenvalue weighted by molar-refractivity contribution is 6.30. The normalized spacial score (nSPS) is 10.6. The number of ketones is 1. The molecule has 0 aliphatic heterocycles. The van der Waals surface area contributed by atoms with Crippen LogP contribution in [0.5, 0.6) is 5.75 Å². The van der Waals surface area contributed by atoms with E-state index in [9.17, 15) is 9.59 Å². The first-order valence-corrected chi connectivity index (χ1v) is 8.82. The molecule has 1 heterocycles. The molecule has 3 aromatic carbocycles. The number of fused-ring (bicyclic) bond motifs is 1. The number of aromatic nitrogens is 2. The first kappa shape index (κ1) is 17.8. The molecule has 0 fully saturated rings. The molecule has 4 rings (SSSR count). The number of ether oxygens (including phenoxy) is 1. The monoisotopic (exact) mass is 388 g/mol. The highest BCUT2D eigenvalue weighted by Crippen LogP contribution is 2.18. The number of carbonyl (C=O) groups excluding carboxylic acids is 2. The molecule has 28 heavy (non-hydrogen) atoms. The second-order valence-corrected chi connectivity index (χ2v) is 6.43. The zero-order chi connectivity index (χ0) is 19.5. The Hall–Kier alpha value is -3.57. The van der Waals surface area contributed by atoms with E-state index in [0.29, 0.717) is 32.9 Å². The number of halogens is 1. The molecule has 0 unspecified atom stereocenters. The third-order valence-electron chi connectivity index (χ3n) is 4.09. The van der Waals surface area contributed by atoms with Crippen LogP contribution in [0.4, 0.5) is 0 Å². The van der Waals surface area contributed by atoms with Crippen molar-refractivity contribution in [3.05, 3.63) is 101 Å². The number of para-hydroxylation sites is 2. The molecule has 0 N–H and O–H groups in total. The minimum atomic E-state index is -0.616. The summed E-state index contributed by atoms with van der Waals surface area (Å²) in [6.45, 7) is 0. The number of carbonyl (C=O) groups is 2. The fraction of sp³-hybridized carbons (Fsp3) is 0. The Kier molecular flexibility index (Phi) is 4.83. The number of benzene rings is 3. The summed E-state index contributed by atoms with van der Waals surface area (Å²) in [4.78, 5) is 33.3. The molecule has 1 aromatic heterocycles. The summed E-state index contributed by atoms with van der Waals surface area (Å²) < 4.78 is 5.34. The summed E-state index contributed by atoms with van der Waals surface area (Å²) in [5.74, 6) is -0.447. The predicted octanol–water partition coefficient (Wildman–Crippen LogP) is 4.73. The third-order valence-corrected chi connectivity index (χ3v) is 4.34. The topological polar surface area (TPSA) is 69.2 Å². The summed E-state index contributed by atoms with van der Waals surface area (Å²) in [7, 11) is 0. The van der Waals surface area contributed by atoms with Gasteiger partial charge in [-0.25, -0.2) is 9.78 Å². The third kappa shape index (κ3) is 3.75. The Morgan fingerprint density at radius 2 is 1.39 bits per heavy atom. The van der Waals surface area contributed by atoms with Crippen LogP contribution in [0.2, 0.25) is 5.02 Å². The maximum atomic E-state index is 12.5. The van der Waals surface area contributed by atoms with Gasteiger partial charge in [-0.2, -0.15) is 0 Å². The molecule has 0 amide bonds. The van der Waals surface area contributed by atoms with Gasteiger partial charge in [-0.05, 0) is 60.7 Å². The Balaban J connectivity index is 1.49. The van der Waals surface area contributed by atoms with Crippen LogP contribution >= 0.6 is 11.6 Å². The van der Waals surface area contributed by atoms with Crippen molar-refractivity contribution in [2.75, 3.05) is 0 Å². The minimum Gasteiger partial charge on any atom is -0.422 e. The molecular weight excluding hydrogens is 376 g/mol. The first-order valence-electron chi connectivity index (χ1n) is 8.44. The van der Waals surface area contributed by atoms with Crippen LogP contribution in [-0.2, 0) is 0 Å². The lowest BCUT2D eigenvalue weighted by Crippen LogP contribution is -2.11. The van der Waals surface area contributed by atoms with Crippen molar-refractivity contribution in [1.82, 2.24) is 9.97 Å². The molecule has 5 nitrogen and oxygen atoms in total. The largest absolute Gasteiger partial charge is 0.422 e. The van der Waals surface area contributed by atoms with Crippen LogP contribution in [-0.4, -0.2) is 21.7 Å². The zero-order valence-corrected chi connectivity index (χ0v) is 15.3. The van der Waals surface area contributed by atoms with Gasteiger partial charge in [0.2, 0.25) is 0 Å². The summed E-state index contributed by atoms with van der Waals surface area (Å²) in [6.07, 6.45) is 1.38. The lowest BCUT2D eigenvalue weighted by atomic mass is 10.0. The van der Waals surface area contributed by atoms with Gasteiger partial charge < -0.3 is 4.74 Å². The number of hydrogen-bond acceptors (Lipinski definition) is 5. The smallest absolute Gasteiger partial charge is 0.363 e. The van der Waals surface area contributed by atoms with E-state index in [1.165, 1.54) is 6.20 Å². The van der Waals surface area contributed by atoms with Crippen LogP contribution in [0.1, 0.15) is 26.4 Å². The number of rotatable bonds is 4. The van der Waals surface area contributed by atoms with Crippen molar-refractivity contribution in [2.45, 2.75) is 0 Å². The van der Waals surface area contributed by atoms with Gasteiger partial charge >= 0.3 is 5.97 Å². The Morgan fingerprint density at radius 1 is 0.786 bits per heavy atom. The predicted molar refractivity (Wildman–Crippen MR) is 106 cm³/mol. The molecule has 0 atom stereocenters. The van der Waals surface area contributed by atoms with Gasteiger partial charge in [-0.15, -0.1) is 0 Å². The maximum Gasteiger partial charge on any atom is 0.363 e. The van der Waals surface area contributed by atoms with E-state index in [0.717, 1.165) is 0 Å². The van der Waals surface area contributed by atoms with Crippen LogP contribution in [0.25, 0.3) is 11.0 Å². The molecular formula is C22H13ClN2O3. The van der Waals surface area contributed by atoms with E-state index in [4.69, 9.17) is 16.3 Å². The van der Waals surface area contributed by atoms with Crippen molar-refractivity contribution in [3.8, 4) is 5.75 Å². The molecule has 0 radical (unpaired) electrons. The highest BCUT2D eigenvalue weighted by Gasteiger charge is 2.13. The molecule has 0 bridgehead atoms. The first-order chi connectivity index (χ1) is 13.6. The molecule has 0 saturated heterocycles. The van der Waals surface area contributed by atoms with Crippen molar-refractivity contribution >= 4 is 34.4 Å². The number of esters is 1. The van der Waals surface area contributed by atoms with Crippen molar-refractivity contribution in [1.29, 1.82) is 0 Å². The molecule has 0 aliphatic rings. The van der Waals surface area contributed by atoms with E-state index in [2.05, 4.69) is 9.97 Å². The molecule has 0 saturated carbocycles. The van der Waals surface area contributed by atoms with Gasteiger partial charge in [-0.3, -0.25) is 9.78 Å². The molecule has 0 aliphatic carbocycles. The quantitative estimate of drug-likeness (QED) is 0.287. The molecule has 6 heteroatoms. The summed E-state index contributed by atoms with van der Waals surface area (Å²) in [5, 5.41) is 0.565. The molecule has 4 aromatic rings. The minimum absolute atomic E-state index is 0.111. The van der Waals surface area contributed by atoms with Gasteiger partial charge in [0, 0.05) is 16.1 Å². The Bertz CT molecular complexity index is 1170. The maximum absolute atomic E-state index is 12.5. The van der Waals surface area contributed by atoms with Crippen molar-refractivity contribution < 1.29 is 14.3 Å². The van der Waals surface area contributed by atoms with Gasteiger partial charge in [-0.1, -0.05) is 23.7 Å². The second kappa shape index (κ2) is 7.58. The average molecular weight is 389 g/mol. The summed E-state index contributed by atoms with van der Waals surface area (Å²) in [6, 6.07) is 20.2. The molecule has 136 valence electrons. The second-order valence-electron chi connectivity index (χ2n) is 5.99. The Labute approximate surface area is 165 Å². The molecule has 0 spiro atoms. The zero-order valence-electron chi connectivity index (χ0n) is 14.5.